The minimum atomic E-state index is -1.02. The minimum Gasteiger partial charge on any atom is -0.480 e. The zero-order chi connectivity index (χ0) is 13.7. The van der Waals surface area contributed by atoms with Gasteiger partial charge in [0.1, 0.15) is 6.54 Å². The number of pyridine rings is 1. The molecule has 18 heavy (non-hydrogen) atoms. The molecule has 1 rings (SSSR count). The first-order valence-electron chi connectivity index (χ1n) is 5.59. The standard InChI is InChI=1S/C12H15BrN2O3/c1-3-8(2)15(7-11(16)17)12(18)9-4-10(13)6-14-5-9/h4-6,8H,3,7H2,1-2H3,(H,16,17). The predicted octanol–water partition coefficient (Wildman–Crippen LogP) is 2.17. The van der Waals surface area contributed by atoms with Gasteiger partial charge >= 0.3 is 5.97 Å². The second-order valence-corrected chi connectivity index (χ2v) is 4.89. The molecule has 0 aliphatic carbocycles. The Balaban J connectivity index is 2.98. The lowest BCUT2D eigenvalue weighted by molar-refractivity contribution is -0.138. The predicted molar refractivity (Wildman–Crippen MR) is 70.4 cm³/mol. The number of carbonyl (C=O) groups is 2. The molecular formula is C12H15BrN2O3. The van der Waals surface area contributed by atoms with E-state index in [4.69, 9.17) is 5.11 Å². The third kappa shape index (κ3) is 3.80. The molecule has 0 spiro atoms. The maximum atomic E-state index is 12.2. The number of hydrogen-bond donors (Lipinski definition) is 1. The van der Waals surface area contributed by atoms with Gasteiger partial charge < -0.3 is 10.0 Å². The maximum absolute atomic E-state index is 12.2. The van der Waals surface area contributed by atoms with Gasteiger partial charge in [0.15, 0.2) is 0 Å². The van der Waals surface area contributed by atoms with Crippen molar-refractivity contribution in [1.82, 2.24) is 9.88 Å². The van der Waals surface area contributed by atoms with E-state index in [1.54, 1.807) is 12.3 Å². The summed E-state index contributed by atoms with van der Waals surface area (Å²) >= 11 is 3.23. The summed E-state index contributed by atoms with van der Waals surface area (Å²) in [4.78, 5) is 28.3. The van der Waals surface area contributed by atoms with E-state index in [9.17, 15) is 9.59 Å². The molecule has 0 aromatic carbocycles. The Morgan fingerprint density at radius 1 is 1.50 bits per heavy atom. The first-order valence-corrected chi connectivity index (χ1v) is 6.38. The molecule has 1 aromatic rings. The third-order valence-electron chi connectivity index (χ3n) is 2.64. The Bertz CT molecular complexity index is 451. The van der Waals surface area contributed by atoms with E-state index in [1.807, 2.05) is 13.8 Å². The van der Waals surface area contributed by atoms with Crippen molar-refractivity contribution >= 4 is 27.8 Å². The molecule has 0 saturated carbocycles. The van der Waals surface area contributed by atoms with Crippen LogP contribution in [0.3, 0.4) is 0 Å². The van der Waals surface area contributed by atoms with Gasteiger partial charge in [0, 0.05) is 22.9 Å². The molecule has 1 amide bonds. The Labute approximate surface area is 114 Å². The highest BCUT2D eigenvalue weighted by molar-refractivity contribution is 9.10. The van der Waals surface area contributed by atoms with Crippen LogP contribution in [0.25, 0.3) is 0 Å². The highest BCUT2D eigenvalue weighted by Gasteiger charge is 2.23. The van der Waals surface area contributed by atoms with E-state index in [0.717, 1.165) is 0 Å². The summed E-state index contributed by atoms with van der Waals surface area (Å²) in [5.41, 5.74) is 0.380. The topological polar surface area (TPSA) is 70.5 Å². The smallest absolute Gasteiger partial charge is 0.323 e. The molecule has 1 unspecified atom stereocenters. The van der Waals surface area contributed by atoms with Gasteiger partial charge in [-0.2, -0.15) is 0 Å². The van der Waals surface area contributed by atoms with Crippen LogP contribution < -0.4 is 0 Å². The lowest BCUT2D eigenvalue weighted by atomic mass is 10.1. The van der Waals surface area contributed by atoms with Crippen LogP contribution >= 0.6 is 15.9 Å². The molecule has 98 valence electrons. The SMILES string of the molecule is CCC(C)N(CC(=O)O)C(=O)c1cncc(Br)c1. The number of carboxylic acid groups (broad SMARTS) is 1. The number of carboxylic acids is 1. The maximum Gasteiger partial charge on any atom is 0.323 e. The molecule has 1 atom stereocenters. The van der Waals surface area contributed by atoms with Crippen LogP contribution in [0.15, 0.2) is 22.9 Å². The van der Waals surface area contributed by atoms with Crippen LogP contribution in [0.4, 0.5) is 0 Å². The van der Waals surface area contributed by atoms with Gasteiger partial charge in [-0.25, -0.2) is 0 Å². The molecule has 0 aliphatic rings. The molecule has 1 N–H and O–H groups in total. The Morgan fingerprint density at radius 3 is 2.67 bits per heavy atom. The highest BCUT2D eigenvalue weighted by Crippen LogP contribution is 2.14. The summed E-state index contributed by atoms with van der Waals surface area (Å²) in [6.45, 7) is 3.43. The Hall–Kier alpha value is -1.43. The molecule has 0 fully saturated rings. The summed E-state index contributed by atoms with van der Waals surface area (Å²) in [5.74, 6) is -1.34. The zero-order valence-electron chi connectivity index (χ0n) is 10.3. The van der Waals surface area contributed by atoms with E-state index < -0.39 is 5.97 Å². The van der Waals surface area contributed by atoms with Crippen molar-refractivity contribution in [2.24, 2.45) is 0 Å². The number of amides is 1. The minimum absolute atomic E-state index is 0.132. The van der Waals surface area contributed by atoms with Crippen molar-refractivity contribution in [3.63, 3.8) is 0 Å². The summed E-state index contributed by atoms with van der Waals surface area (Å²) in [5, 5.41) is 8.86. The van der Waals surface area contributed by atoms with Crippen LogP contribution in [-0.2, 0) is 4.79 Å². The molecular weight excluding hydrogens is 300 g/mol. The average molecular weight is 315 g/mol. The Morgan fingerprint density at radius 2 is 2.17 bits per heavy atom. The van der Waals surface area contributed by atoms with Gasteiger partial charge in [0.2, 0.25) is 0 Å². The second kappa shape index (κ2) is 6.49. The van der Waals surface area contributed by atoms with Crippen LogP contribution in [0.1, 0.15) is 30.6 Å². The summed E-state index contributed by atoms with van der Waals surface area (Å²) in [6.07, 6.45) is 3.70. The van der Waals surface area contributed by atoms with Crippen molar-refractivity contribution in [2.45, 2.75) is 26.3 Å². The van der Waals surface area contributed by atoms with E-state index in [2.05, 4.69) is 20.9 Å². The van der Waals surface area contributed by atoms with Gasteiger partial charge in [-0.15, -0.1) is 0 Å². The van der Waals surface area contributed by atoms with Gasteiger partial charge in [0.25, 0.3) is 5.91 Å². The van der Waals surface area contributed by atoms with Gasteiger partial charge in [-0.1, -0.05) is 6.92 Å². The lowest BCUT2D eigenvalue weighted by Gasteiger charge is -2.26. The highest BCUT2D eigenvalue weighted by atomic mass is 79.9. The van der Waals surface area contributed by atoms with Crippen molar-refractivity contribution in [3.8, 4) is 0 Å². The Kier molecular flexibility index (Phi) is 5.27. The van der Waals surface area contributed by atoms with Crippen LogP contribution in [0.2, 0.25) is 0 Å². The molecule has 0 bridgehead atoms. The molecule has 0 saturated heterocycles. The number of hydrogen-bond acceptors (Lipinski definition) is 3. The first-order chi connectivity index (χ1) is 8.45. The largest absolute Gasteiger partial charge is 0.480 e. The van der Waals surface area contributed by atoms with Crippen molar-refractivity contribution in [3.05, 3.63) is 28.5 Å². The van der Waals surface area contributed by atoms with Crippen LogP contribution in [0.5, 0.6) is 0 Å². The van der Waals surface area contributed by atoms with E-state index in [1.165, 1.54) is 11.1 Å². The van der Waals surface area contributed by atoms with E-state index >= 15 is 0 Å². The molecule has 0 aliphatic heterocycles. The van der Waals surface area contributed by atoms with Crippen molar-refractivity contribution in [2.75, 3.05) is 6.54 Å². The van der Waals surface area contributed by atoms with Gasteiger partial charge in [-0.3, -0.25) is 14.6 Å². The number of aromatic nitrogens is 1. The van der Waals surface area contributed by atoms with Crippen LogP contribution in [0, 0.1) is 0 Å². The number of rotatable bonds is 5. The summed E-state index contributed by atoms with van der Waals surface area (Å²) < 4.78 is 0.688. The number of carbonyl (C=O) groups excluding carboxylic acids is 1. The molecule has 5 nitrogen and oxygen atoms in total. The fourth-order valence-corrected chi connectivity index (χ4v) is 1.85. The van der Waals surface area contributed by atoms with Gasteiger partial charge in [0.05, 0.1) is 5.56 Å². The number of halogens is 1. The number of aliphatic carboxylic acids is 1. The van der Waals surface area contributed by atoms with E-state index in [-0.39, 0.29) is 18.5 Å². The van der Waals surface area contributed by atoms with Crippen molar-refractivity contribution in [1.29, 1.82) is 0 Å². The molecule has 6 heteroatoms. The molecule has 0 radical (unpaired) electrons. The normalized spacial score (nSPS) is 11.9. The monoisotopic (exact) mass is 314 g/mol. The fourth-order valence-electron chi connectivity index (χ4n) is 1.49. The molecule has 1 aromatic heterocycles. The second-order valence-electron chi connectivity index (χ2n) is 3.98. The van der Waals surface area contributed by atoms with Crippen molar-refractivity contribution < 1.29 is 14.7 Å². The average Bonchev–Trinajstić information content (AvgIpc) is 2.34. The lowest BCUT2D eigenvalue weighted by Crippen LogP contribution is -2.41. The number of nitrogens with zero attached hydrogens (tertiary/aromatic N) is 2. The quantitative estimate of drug-likeness (QED) is 0.904. The first kappa shape index (κ1) is 14.6. The summed E-state index contributed by atoms with van der Waals surface area (Å²) in [6, 6.07) is 1.50. The van der Waals surface area contributed by atoms with Gasteiger partial charge in [-0.05, 0) is 35.3 Å². The van der Waals surface area contributed by atoms with Crippen LogP contribution in [-0.4, -0.2) is 39.5 Å². The summed E-state index contributed by atoms with van der Waals surface area (Å²) in [7, 11) is 0. The zero-order valence-corrected chi connectivity index (χ0v) is 11.8. The molecule has 1 heterocycles. The van der Waals surface area contributed by atoms with E-state index in [0.29, 0.717) is 16.5 Å². The fraction of sp³-hybridized carbons (Fsp3) is 0.417. The third-order valence-corrected chi connectivity index (χ3v) is 3.07.